The van der Waals surface area contributed by atoms with Gasteiger partial charge in [0, 0.05) is 0 Å². The van der Waals surface area contributed by atoms with E-state index in [0.29, 0.717) is 0 Å². The molecule has 0 aliphatic rings. The first-order valence-electron chi connectivity index (χ1n) is 3.78. The molecule has 0 atom stereocenters. The van der Waals surface area contributed by atoms with E-state index in [1.807, 2.05) is 0 Å². The Kier molecular flexibility index (Phi) is 6.39. The van der Waals surface area contributed by atoms with E-state index in [1.165, 1.54) is 0 Å². The lowest BCUT2D eigenvalue weighted by molar-refractivity contribution is 0.414. The molecule has 0 aliphatic carbocycles. The van der Waals surface area contributed by atoms with Gasteiger partial charge in [-0.15, -0.1) is 0 Å². The molecule has 0 amide bonds. The van der Waals surface area contributed by atoms with Gasteiger partial charge in [-0.25, -0.2) is 27.3 Å². The molecule has 0 spiro atoms. The molecule has 0 unspecified atom stereocenters. The molecular formula is C8H3F5N3P. The lowest BCUT2D eigenvalue weighted by atomic mass is 10.2. The fraction of sp³-hybridized carbons (Fsp3) is 0. The van der Waals surface area contributed by atoms with Crippen LogP contribution in [0.25, 0.3) is 9.69 Å². The summed E-state index contributed by atoms with van der Waals surface area (Å²) >= 11 is 0. The number of nitrogens with zero attached hydrogens (tertiary/aromatic N) is 2. The molecule has 0 radical (unpaired) electrons. The van der Waals surface area contributed by atoms with Gasteiger partial charge in [-0.3, -0.25) is 9.88 Å². The Labute approximate surface area is 96.3 Å². The Morgan fingerprint density at radius 1 is 0.882 bits per heavy atom. The van der Waals surface area contributed by atoms with Gasteiger partial charge in [-0.2, -0.15) is 0 Å². The molecule has 0 bridgehead atoms. The summed E-state index contributed by atoms with van der Waals surface area (Å²) in [6.45, 7) is 12.8. The molecule has 3 nitrogen and oxygen atoms in total. The maximum atomic E-state index is 12.8. The number of halogens is 5. The molecule has 0 saturated carbocycles. The van der Waals surface area contributed by atoms with Gasteiger partial charge in [0.15, 0.2) is 23.3 Å². The molecule has 1 N–H and O–H groups in total. The Bertz CT molecular complexity index is 466. The highest BCUT2D eigenvalue weighted by Gasteiger charge is 2.25. The summed E-state index contributed by atoms with van der Waals surface area (Å²) in [6.07, 6.45) is 0. The predicted octanol–water partition coefficient (Wildman–Crippen LogP) is 4.39. The van der Waals surface area contributed by atoms with Crippen LogP contribution >= 0.6 is 9.03 Å². The van der Waals surface area contributed by atoms with Gasteiger partial charge >= 0.3 is 0 Å². The average Bonchev–Trinajstić information content (AvgIpc) is 2.44. The van der Waals surface area contributed by atoms with E-state index in [2.05, 4.69) is 20.2 Å². The third-order valence-corrected chi connectivity index (χ3v) is 1.44. The van der Waals surface area contributed by atoms with Crippen molar-refractivity contribution in [3.8, 4) is 0 Å². The number of nitrogens with one attached hydrogen (secondary N) is 1. The van der Waals surface area contributed by atoms with Crippen molar-refractivity contribution in [3.63, 3.8) is 0 Å². The molecule has 0 aromatic heterocycles. The number of hydrogen-bond donors (Lipinski definition) is 1. The van der Waals surface area contributed by atoms with Crippen LogP contribution in [0.5, 0.6) is 0 Å². The van der Waals surface area contributed by atoms with Crippen LogP contribution in [0.2, 0.25) is 0 Å². The number of benzene rings is 1. The molecule has 0 aliphatic heterocycles. The fourth-order valence-electron chi connectivity index (χ4n) is 0.813. The van der Waals surface area contributed by atoms with Crippen LogP contribution in [0.15, 0.2) is 0 Å². The van der Waals surface area contributed by atoms with Crippen molar-refractivity contribution in [2.24, 2.45) is 0 Å². The third-order valence-electron chi connectivity index (χ3n) is 1.44. The highest BCUT2D eigenvalue weighted by molar-refractivity contribution is 7.02. The minimum Gasteiger partial charge on any atom is -0.287 e. The molecule has 1 rings (SSSR count). The van der Waals surface area contributed by atoms with Crippen LogP contribution in [0.1, 0.15) is 0 Å². The SMILES string of the molecule is N=P.[3H]F.[C-]#[N+]c1c(F)c(F)c(F)c(F)c1[N+]#[C-]. The second-order valence-electron chi connectivity index (χ2n) is 2.18. The van der Waals surface area contributed by atoms with Crippen molar-refractivity contribution in [1.82, 2.24) is 0 Å². The normalized spacial score (nSPS) is 8.29. The lowest BCUT2D eigenvalue weighted by Gasteiger charge is -2.02. The molecular weight excluding hydrogens is 264 g/mol. The molecule has 0 saturated heterocycles. The minimum absolute atomic E-state index is 1.14. The first kappa shape index (κ1) is 14.9. The smallest absolute Gasteiger partial charge is 0.269 e. The third kappa shape index (κ3) is 2.96. The number of rotatable bonds is 0. The van der Waals surface area contributed by atoms with Crippen molar-refractivity contribution >= 4 is 20.4 Å². The molecule has 9 heteroatoms. The lowest BCUT2D eigenvalue weighted by Crippen LogP contribution is -1.95. The van der Waals surface area contributed by atoms with Gasteiger partial charge < -0.3 is 0 Å². The summed E-state index contributed by atoms with van der Waals surface area (Å²) in [6, 6.07) is 0. The van der Waals surface area contributed by atoms with E-state index >= 15 is 0 Å². The van der Waals surface area contributed by atoms with Crippen LogP contribution < -0.4 is 0 Å². The molecule has 17 heavy (non-hydrogen) atoms. The minimum atomic E-state index is -2.08. The molecule has 90 valence electrons. The quantitative estimate of drug-likeness (QED) is 0.238. The first-order valence-corrected chi connectivity index (χ1v) is 3.90. The molecule has 1 aromatic rings. The summed E-state index contributed by atoms with van der Waals surface area (Å²) < 4.78 is 63.5. The standard InChI is InChI=1S/C8F4N2.FH.H2NP/c1-13-7-5(11)3(9)4(10)6(12)8(7)14-2;;1-2/h;1H;1-2H/i/hT. The van der Waals surface area contributed by atoms with Crippen LogP contribution in [0.4, 0.5) is 33.7 Å². The van der Waals surface area contributed by atoms with Gasteiger partial charge in [0.25, 0.3) is 1.45 Å². The van der Waals surface area contributed by atoms with E-state index in [4.69, 9.17) is 23.0 Å². The zero-order chi connectivity index (χ0) is 14.9. The zero-order valence-electron chi connectivity index (χ0n) is 8.78. The van der Waals surface area contributed by atoms with Crippen molar-refractivity contribution in [2.45, 2.75) is 0 Å². The largest absolute Gasteiger partial charge is 0.287 e. The highest BCUT2D eigenvalue weighted by atomic mass is 31.0. The van der Waals surface area contributed by atoms with E-state index in [0.717, 1.165) is 0 Å². The van der Waals surface area contributed by atoms with Gasteiger partial charge in [-0.1, -0.05) is 0 Å². The second kappa shape index (κ2) is 7.26. The molecule has 0 fully saturated rings. The van der Waals surface area contributed by atoms with Gasteiger partial charge in [0.05, 0.1) is 13.1 Å². The van der Waals surface area contributed by atoms with Crippen LogP contribution in [-0.2, 0) is 0 Å². The summed E-state index contributed by atoms with van der Waals surface area (Å²) in [5.74, 6) is -7.85. The molecule has 0 heterocycles. The van der Waals surface area contributed by atoms with Gasteiger partial charge in [-0.05, 0) is 9.03 Å². The highest BCUT2D eigenvalue weighted by Crippen LogP contribution is 2.37. The van der Waals surface area contributed by atoms with Crippen molar-refractivity contribution < 1.29 is 22.3 Å². The molecule has 1 aromatic carbocycles. The monoisotopic (exact) mass is 269 g/mol. The number of hydrogen-bond acceptors (Lipinski definition) is 1. The Hall–Kier alpha value is -2.05. The summed E-state index contributed by atoms with van der Waals surface area (Å²) in [5, 5.41) is 5.56. The van der Waals surface area contributed by atoms with Crippen LogP contribution in [0.3, 0.4) is 0 Å². The van der Waals surface area contributed by atoms with E-state index in [-0.39, 0.29) is 0 Å². The Morgan fingerprint density at radius 2 is 1.12 bits per heavy atom. The predicted molar refractivity (Wildman–Crippen MR) is 52.3 cm³/mol. The Balaban J connectivity index is 0. The van der Waals surface area contributed by atoms with E-state index < -0.39 is 34.6 Å². The van der Waals surface area contributed by atoms with Crippen molar-refractivity contribution in [2.75, 3.05) is 0 Å². The summed E-state index contributed by atoms with van der Waals surface area (Å²) in [5.41, 5.74) is -2.28. The van der Waals surface area contributed by atoms with Crippen molar-refractivity contribution in [1.29, 1.82) is 6.61 Å². The maximum absolute atomic E-state index is 12.8. The topological polar surface area (TPSA) is 32.6 Å². The van der Waals surface area contributed by atoms with Crippen molar-refractivity contribution in [3.05, 3.63) is 46.1 Å². The van der Waals surface area contributed by atoms with Gasteiger partial charge in [0.2, 0.25) is 11.4 Å². The zero-order valence-corrected chi connectivity index (χ0v) is 8.78. The summed E-state index contributed by atoms with van der Waals surface area (Å²) in [4.78, 5) is 4.84. The van der Waals surface area contributed by atoms with Gasteiger partial charge in [0.1, 0.15) is 0 Å². The second-order valence-corrected chi connectivity index (χ2v) is 2.18. The Morgan fingerprint density at radius 3 is 1.29 bits per heavy atom. The maximum Gasteiger partial charge on any atom is 0.269 e. The average molecular weight is 269 g/mol. The first-order chi connectivity index (χ1) is 8.54. The van der Waals surface area contributed by atoms with E-state index in [1.54, 1.807) is 0 Å². The van der Waals surface area contributed by atoms with Crippen LogP contribution in [0, 0.1) is 41.6 Å². The fourth-order valence-corrected chi connectivity index (χ4v) is 0.813. The van der Waals surface area contributed by atoms with Crippen LogP contribution in [-0.4, -0.2) is 1.45 Å². The summed E-state index contributed by atoms with van der Waals surface area (Å²) in [7, 11) is 2.22. The van der Waals surface area contributed by atoms with E-state index in [9.17, 15) is 17.6 Å².